The zero-order valence-electron chi connectivity index (χ0n) is 11.0. The van der Waals surface area contributed by atoms with Gasteiger partial charge in [0.1, 0.15) is 0 Å². The SMILES string of the molecule is CCC(CCN(C)C)c1cccc(N)c1C. The van der Waals surface area contributed by atoms with Gasteiger partial charge in [-0.2, -0.15) is 0 Å². The highest BCUT2D eigenvalue weighted by Crippen LogP contribution is 2.28. The zero-order valence-corrected chi connectivity index (χ0v) is 11.0. The molecule has 0 bridgehead atoms. The lowest BCUT2D eigenvalue weighted by Gasteiger charge is -2.20. The van der Waals surface area contributed by atoms with E-state index in [-0.39, 0.29) is 0 Å². The Bertz CT molecular complexity index is 332. The van der Waals surface area contributed by atoms with E-state index in [4.69, 9.17) is 5.73 Å². The Balaban J connectivity index is 2.82. The van der Waals surface area contributed by atoms with E-state index in [1.165, 1.54) is 24.0 Å². The summed E-state index contributed by atoms with van der Waals surface area (Å²) >= 11 is 0. The predicted octanol–water partition coefficient (Wildman–Crippen LogP) is 3.02. The fourth-order valence-corrected chi connectivity index (χ4v) is 2.11. The summed E-state index contributed by atoms with van der Waals surface area (Å²) in [5.74, 6) is 0.630. The standard InChI is InChI=1S/C14H24N2/c1-5-12(9-10-16(3)4)13-7-6-8-14(15)11(13)2/h6-8,12H,5,9-10,15H2,1-4H3. The van der Waals surface area contributed by atoms with E-state index in [1.807, 2.05) is 6.07 Å². The molecule has 0 heterocycles. The monoisotopic (exact) mass is 220 g/mol. The number of hydrogen-bond donors (Lipinski definition) is 1. The molecule has 1 atom stereocenters. The van der Waals surface area contributed by atoms with Crippen LogP contribution in [-0.2, 0) is 0 Å². The normalized spacial score (nSPS) is 13.1. The second-order valence-electron chi connectivity index (χ2n) is 4.76. The van der Waals surface area contributed by atoms with Crippen LogP contribution in [0.1, 0.15) is 36.8 Å². The van der Waals surface area contributed by atoms with Crippen LogP contribution in [-0.4, -0.2) is 25.5 Å². The highest BCUT2D eigenvalue weighted by molar-refractivity contribution is 5.51. The Kier molecular flexibility index (Phi) is 4.81. The third-order valence-electron chi connectivity index (χ3n) is 3.27. The topological polar surface area (TPSA) is 29.3 Å². The van der Waals surface area contributed by atoms with E-state index in [0.29, 0.717) is 5.92 Å². The lowest BCUT2D eigenvalue weighted by atomic mass is 9.89. The average Bonchev–Trinajstić information content (AvgIpc) is 2.24. The van der Waals surface area contributed by atoms with Crippen LogP contribution in [0.5, 0.6) is 0 Å². The van der Waals surface area contributed by atoms with E-state index in [1.54, 1.807) is 0 Å². The van der Waals surface area contributed by atoms with Crippen LogP contribution >= 0.6 is 0 Å². The molecule has 0 aliphatic heterocycles. The van der Waals surface area contributed by atoms with Gasteiger partial charge in [0.15, 0.2) is 0 Å². The molecule has 1 rings (SSSR count). The molecule has 2 N–H and O–H groups in total. The Hall–Kier alpha value is -1.02. The first-order chi connectivity index (χ1) is 7.56. The van der Waals surface area contributed by atoms with Gasteiger partial charge in [-0.1, -0.05) is 19.1 Å². The van der Waals surface area contributed by atoms with E-state index >= 15 is 0 Å². The van der Waals surface area contributed by atoms with Crippen LogP contribution in [0.25, 0.3) is 0 Å². The van der Waals surface area contributed by atoms with E-state index in [9.17, 15) is 0 Å². The summed E-state index contributed by atoms with van der Waals surface area (Å²) in [6.07, 6.45) is 2.38. The van der Waals surface area contributed by atoms with Crippen molar-refractivity contribution in [2.75, 3.05) is 26.4 Å². The Labute approximate surface area is 99.5 Å². The molecule has 0 aromatic heterocycles. The Morgan fingerprint density at radius 3 is 2.56 bits per heavy atom. The molecule has 16 heavy (non-hydrogen) atoms. The molecule has 2 nitrogen and oxygen atoms in total. The summed E-state index contributed by atoms with van der Waals surface area (Å²) in [6, 6.07) is 6.27. The van der Waals surface area contributed by atoms with E-state index in [2.05, 4.69) is 45.0 Å². The van der Waals surface area contributed by atoms with Crippen LogP contribution in [0.4, 0.5) is 5.69 Å². The molecule has 2 heteroatoms. The highest BCUT2D eigenvalue weighted by Gasteiger charge is 2.13. The van der Waals surface area contributed by atoms with Gasteiger partial charge in [-0.15, -0.1) is 0 Å². The molecule has 0 aliphatic carbocycles. The van der Waals surface area contributed by atoms with Crippen molar-refractivity contribution in [1.82, 2.24) is 4.90 Å². The smallest absolute Gasteiger partial charge is 0.0346 e. The van der Waals surface area contributed by atoms with Crippen molar-refractivity contribution in [2.45, 2.75) is 32.6 Å². The molecule has 0 aliphatic rings. The summed E-state index contributed by atoms with van der Waals surface area (Å²) in [5.41, 5.74) is 9.55. The van der Waals surface area contributed by atoms with Crippen molar-refractivity contribution >= 4 is 5.69 Å². The molecule has 0 amide bonds. The van der Waals surface area contributed by atoms with E-state index in [0.717, 1.165) is 12.2 Å². The van der Waals surface area contributed by atoms with Crippen molar-refractivity contribution in [3.63, 3.8) is 0 Å². The summed E-state index contributed by atoms with van der Waals surface area (Å²) in [7, 11) is 4.25. The lowest BCUT2D eigenvalue weighted by molar-refractivity contribution is 0.377. The van der Waals surface area contributed by atoms with Crippen LogP contribution < -0.4 is 5.73 Å². The number of benzene rings is 1. The number of rotatable bonds is 5. The summed E-state index contributed by atoms with van der Waals surface area (Å²) in [5, 5.41) is 0. The minimum atomic E-state index is 0.630. The van der Waals surface area contributed by atoms with Crippen LogP contribution in [0, 0.1) is 6.92 Å². The molecule has 1 aromatic carbocycles. The molecule has 0 saturated carbocycles. The second-order valence-corrected chi connectivity index (χ2v) is 4.76. The van der Waals surface area contributed by atoms with Gasteiger partial charge >= 0.3 is 0 Å². The fraction of sp³-hybridized carbons (Fsp3) is 0.571. The van der Waals surface area contributed by atoms with E-state index < -0.39 is 0 Å². The van der Waals surface area contributed by atoms with Gasteiger partial charge in [0.2, 0.25) is 0 Å². The number of nitrogens with zero attached hydrogens (tertiary/aromatic N) is 1. The summed E-state index contributed by atoms with van der Waals surface area (Å²) in [4.78, 5) is 2.24. The summed E-state index contributed by atoms with van der Waals surface area (Å²) < 4.78 is 0. The minimum absolute atomic E-state index is 0.630. The van der Waals surface area contributed by atoms with Crippen molar-refractivity contribution in [3.05, 3.63) is 29.3 Å². The maximum Gasteiger partial charge on any atom is 0.0346 e. The molecular weight excluding hydrogens is 196 g/mol. The fourth-order valence-electron chi connectivity index (χ4n) is 2.11. The zero-order chi connectivity index (χ0) is 12.1. The van der Waals surface area contributed by atoms with Crippen LogP contribution in [0.2, 0.25) is 0 Å². The molecule has 1 aromatic rings. The molecule has 0 fully saturated rings. The highest BCUT2D eigenvalue weighted by atomic mass is 15.0. The van der Waals surface area contributed by atoms with Crippen LogP contribution in [0.3, 0.4) is 0 Å². The average molecular weight is 220 g/mol. The van der Waals surface area contributed by atoms with Gasteiger partial charge in [-0.25, -0.2) is 0 Å². The van der Waals surface area contributed by atoms with Gasteiger partial charge in [-0.3, -0.25) is 0 Å². The summed E-state index contributed by atoms with van der Waals surface area (Å²) in [6.45, 7) is 5.51. The second kappa shape index (κ2) is 5.90. The Morgan fingerprint density at radius 2 is 2.00 bits per heavy atom. The maximum atomic E-state index is 5.96. The number of anilines is 1. The van der Waals surface area contributed by atoms with Gasteiger partial charge in [0, 0.05) is 5.69 Å². The molecule has 0 saturated heterocycles. The van der Waals surface area contributed by atoms with Crippen molar-refractivity contribution < 1.29 is 0 Å². The minimum Gasteiger partial charge on any atom is -0.399 e. The van der Waals surface area contributed by atoms with Crippen molar-refractivity contribution in [1.29, 1.82) is 0 Å². The van der Waals surface area contributed by atoms with Crippen LogP contribution in [0.15, 0.2) is 18.2 Å². The molecule has 0 spiro atoms. The number of hydrogen-bond acceptors (Lipinski definition) is 2. The van der Waals surface area contributed by atoms with Gasteiger partial charge < -0.3 is 10.6 Å². The molecule has 1 unspecified atom stereocenters. The number of nitrogen functional groups attached to an aromatic ring is 1. The first-order valence-electron chi connectivity index (χ1n) is 6.06. The maximum absolute atomic E-state index is 5.96. The molecule has 90 valence electrons. The molecule has 0 radical (unpaired) electrons. The Morgan fingerprint density at radius 1 is 1.31 bits per heavy atom. The van der Waals surface area contributed by atoms with Gasteiger partial charge in [-0.05, 0) is 63.5 Å². The third-order valence-corrected chi connectivity index (χ3v) is 3.27. The molecular formula is C14H24N2. The van der Waals surface area contributed by atoms with Crippen molar-refractivity contribution in [3.8, 4) is 0 Å². The first-order valence-corrected chi connectivity index (χ1v) is 6.06. The first kappa shape index (κ1) is 13.0. The number of nitrogens with two attached hydrogens (primary N) is 1. The predicted molar refractivity (Wildman–Crippen MR) is 71.8 cm³/mol. The lowest BCUT2D eigenvalue weighted by Crippen LogP contribution is -2.16. The van der Waals surface area contributed by atoms with Gasteiger partial charge in [0.25, 0.3) is 0 Å². The van der Waals surface area contributed by atoms with Crippen molar-refractivity contribution in [2.24, 2.45) is 0 Å². The quantitative estimate of drug-likeness (QED) is 0.773. The largest absolute Gasteiger partial charge is 0.399 e. The third kappa shape index (κ3) is 3.24. The van der Waals surface area contributed by atoms with Gasteiger partial charge in [0.05, 0.1) is 0 Å².